The van der Waals surface area contributed by atoms with Gasteiger partial charge >= 0.3 is 0 Å². The van der Waals surface area contributed by atoms with Crippen molar-refractivity contribution in [3.05, 3.63) is 11.6 Å². The standard InChI is InChI=1S/C10H14O/c1-3-8-9(11)6-7-4-5-10(7,8)2/h3,7H,4-6H2,1-2H3/b8-3-/t7-,10+/m1/s1. The molecule has 0 saturated heterocycles. The number of carbonyl (C=O) groups excluding carboxylic acids is 1. The molecule has 1 heteroatoms. The summed E-state index contributed by atoms with van der Waals surface area (Å²) >= 11 is 0. The van der Waals surface area contributed by atoms with Crippen LogP contribution in [-0.4, -0.2) is 5.78 Å². The third-order valence-electron chi connectivity index (χ3n) is 3.55. The zero-order valence-corrected chi connectivity index (χ0v) is 7.18. The van der Waals surface area contributed by atoms with Crippen molar-refractivity contribution < 1.29 is 4.79 Å². The van der Waals surface area contributed by atoms with Crippen molar-refractivity contribution in [3.63, 3.8) is 0 Å². The number of hydrogen-bond acceptors (Lipinski definition) is 1. The molecule has 0 heterocycles. The predicted molar refractivity (Wildman–Crippen MR) is 44.2 cm³/mol. The minimum atomic E-state index is 0.284. The van der Waals surface area contributed by atoms with Gasteiger partial charge in [0, 0.05) is 6.42 Å². The zero-order chi connectivity index (χ0) is 8.06. The van der Waals surface area contributed by atoms with Crippen LogP contribution in [0.5, 0.6) is 0 Å². The van der Waals surface area contributed by atoms with Crippen LogP contribution < -0.4 is 0 Å². The van der Waals surface area contributed by atoms with Crippen molar-refractivity contribution in [2.24, 2.45) is 11.3 Å². The lowest BCUT2D eigenvalue weighted by Crippen LogP contribution is -2.33. The third kappa shape index (κ3) is 0.688. The molecule has 0 aliphatic heterocycles. The van der Waals surface area contributed by atoms with Gasteiger partial charge in [-0.25, -0.2) is 0 Å². The summed E-state index contributed by atoms with van der Waals surface area (Å²) in [5, 5.41) is 0. The first-order chi connectivity index (χ1) is 5.18. The average Bonchev–Trinajstić information content (AvgIpc) is 2.12. The first-order valence-corrected chi connectivity index (χ1v) is 4.38. The summed E-state index contributed by atoms with van der Waals surface area (Å²) in [6, 6.07) is 0. The van der Waals surface area contributed by atoms with E-state index in [-0.39, 0.29) is 5.41 Å². The van der Waals surface area contributed by atoms with Gasteiger partial charge in [-0.05, 0) is 36.7 Å². The Bertz CT molecular complexity index is 239. The van der Waals surface area contributed by atoms with E-state index in [0.717, 1.165) is 12.0 Å². The van der Waals surface area contributed by atoms with E-state index in [1.165, 1.54) is 12.8 Å². The summed E-state index contributed by atoms with van der Waals surface area (Å²) in [6.45, 7) is 4.22. The van der Waals surface area contributed by atoms with Gasteiger partial charge in [-0.1, -0.05) is 13.0 Å². The summed E-state index contributed by atoms with van der Waals surface area (Å²) in [5.74, 6) is 1.08. The maximum absolute atomic E-state index is 11.4. The van der Waals surface area contributed by atoms with E-state index in [1.807, 2.05) is 13.0 Å². The molecule has 2 aliphatic carbocycles. The molecular formula is C10H14O. The molecule has 2 fully saturated rings. The van der Waals surface area contributed by atoms with Crippen LogP contribution in [0.2, 0.25) is 0 Å². The molecule has 2 aliphatic rings. The van der Waals surface area contributed by atoms with E-state index < -0.39 is 0 Å². The highest BCUT2D eigenvalue weighted by Gasteiger charge is 2.52. The van der Waals surface area contributed by atoms with Gasteiger partial charge in [0.15, 0.2) is 5.78 Å². The van der Waals surface area contributed by atoms with Crippen LogP contribution in [-0.2, 0) is 4.79 Å². The number of carbonyl (C=O) groups is 1. The molecule has 1 nitrogen and oxygen atoms in total. The summed E-state index contributed by atoms with van der Waals surface area (Å²) in [5.41, 5.74) is 1.39. The quantitative estimate of drug-likeness (QED) is 0.484. The molecule has 0 spiro atoms. The first-order valence-electron chi connectivity index (χ1n) is 4.38. The number of fused-ring (bicyclic) bond motifs is 1. The van der Waals surface area contributed by atoms with Gasteiger partial charge in [0.25, 0.3) is 0 Å². The van der Waals surface area contributed by atoms with Crippen molar-refractivity contribution >= 4 is 5.78 Å². The molecule has 0 unspecified atom stereocenters. The Morgan fingerprint density at radius 1 is 1.64 bits per heavy atom. The highest BCUT2D eigenvalue weighted by Crippen LogP contribution is 2.58. The van der Waals surface area contributed by atoms with Gasteiger partial charge in [-0.2, -0.15) is 0 Å². The van der Waals surface area contributed by atoms with E-state index in [2.05, 4.69) is 6.92 Å². The summed E-state index contributed by atoms with van der Waals surface area (Å²) in [6.07, 6.45) is 5.32. The van der Waals surface area contributed by atoms with E-state index in [9.17, 15) is 4.79 Å². The fourth-order valence-electron chi connectivity index (χ4n) is 2.61. The lowest BCUT2D eigenvalue weighted by Gasteiger charge is -2.42. The molecule has 0 aromatic rings. The van der Waals surface area contributed by atoms with E-state index in [0.29, 0.717) is 11.7 Å². The Morgan fingerprint density at radius 3 is 2.64 bits per heavy atom. The maximum Gasteiger partial charge on any atom is 0.159 e. The molecule has 0 aromatic heterocycles. The largest absolute Gasteiger partial charge is 0.295 e. The van der Waals surface area contributed by atoms with Gasteiger partial charge in [0.1, 0.15) is 0 Å². The Labute approximate surface area is 67.5 Å². The number of ketones is 1. The molecular weight excluding hydrogens is 136 g/mol. The number of Topliss-reactive ketones (excluding diaryl/α,β-unsaturated/α-hetero) is 1. The minimum Gasteiger partial charge on any atom is -0.295 e. The molecule has 0 N–H and O–H groups in total. The molecule has 2 saturated carbocycles. The van der Waals surface area contributed by atoms with Crippen molar-refractivity contribution in [2.45, 2.75) is 33.1 Å². The lowest BCUT2D eigenvalue weighted by atomic mass is 9.62. The molecule has 0 bridgehead atoms. The van der Waals surface area contributed by atoms with E-state index in [1.54, 1.807) is 0 Å². The Kier molecular flexibility index (Phi) is 1.26. The van der Waals surface area contributed by atoms with Crippen molar-refractivity contribution in [3.8, 4) is 0 Å². The second kappa shape index (κ2) is 1.96. The lowest BCUT2D eigenvalue weighted by molar-refractivity contribution is -0.114. The van der Waals surface area contributed by atoms with Crippen LogP contribution in [0.3, 0.4) is 0 Å². The smallest absolute Gasteiger partial charge is 0.159 e. The van der Waals surface area contributed by atoms with Crippen molar-refractivity contribution in [1.29, 1.82) is 0 Å². The molecule has 2 rings (SSSR count). The third-order valence-corrected chi connectivity index (χ3v) is 3.55. The fraction of sp³-hybridized carbons (Fsp3) is 0.700. The van der Waals surface area contributed by atoms with Crippen LogP contribution in [0.15, 0.2) is 11.6 Å². The van der Waals surface area contributed by atoms with Gasteiger partial charge in [0.05, 0.1) is 0 Å². The van der Waals surface area contributed by atoms with Crippen molar-refractivity contribution in [1.82, 2.24) is 0 Å². The minimum absolute atomic E-state index is 0.284. The van der Waals surface area contributed by atoms with Crippen LogP contribution >= 0.6 is 0 Å². The van der Waals surface area contributed by atoms with E-state index in [4.69, 9.17) is 0 Å². The highest BCUT2D eigenvalue weighted by atomic mass is 16.1. The van der Waals surface area contributed by atoms with Crippen LogP contribution in [0.25, 0.3) is 0 Å². The normalized spacial score (nSPS) is 45.8. The summed E-state index contributed by atoms with van der Waals surface area (Å²) in [7, 11) is 0. The Hall–Kier alpha value is -0.590. The number of allylic oxidation sites excluding steroid dienone is 2. The second-order valence-electron chi connectivity index (χ2n) is 3.98. The Morgan fingerprint density at radius 2 is 2.36 bits per heavy atom. The van der Waals surface area contributed by atoms with Gasteiger partial charge < -0.3 is 0 Å². The zero-order valence-electron chi connectivity index (χ0n) is 7.18. The molecule has 0 aromatic carbocycles. The SMILES string of the molecule is C/C=C1/C(=O)C[C@H]2CC[C@]12C. The van der Waals surface area contributed by atoms with E-state index >= 15 is 0 Å². The molecule has 2 atom stereocenters. The van der Waals surface area contributed by atoms with Gasteiger partial charge in [0.2, 0.25) is 0 Å². The van der Waals surface area contributed by atoms with Crippen LogP contribution in [0, 0.1) is 11.3 Å². The van der Waals surface area contributed by atoms with Crippen LogP contribution in [0.1, 0.15) is 33.1 Å². The molecule has 11 heavy (non-hydrogen) atoms. The number of hydrogen-bond donors (Lipinski definition) is 0. The monoisotopic (exact) mass is 150 g/mol. The Balaban J connectivity index is 2.38. The maximum atomic E-state index is 11.4. The molecule has 0 radical (unpaired) electrons. The second-order valence-corrected chi connectivity index (χ2v) is 3.98. The molecule has 60 valence electrons. The fourth-order valence-corrected chi connectivity index (χ4v) is 2.61. The summed E-state index contributed by atoms with van der Waals surface area (Å²) in [4.78, 5) is 11.4. The van der Waals surface area contributed by atoms with Crippen molar-refractivity contribution in [2.75, 3.05) is 0 Å². The van der Waals surface area contributed by atoms with Gasteiger partial charge in [-0.3, -0.25) is 4.79 Å². The van der Waals surface area contributed by atoms with Gasteiger partial charge in [-0.15, -0.1) is 0 Å². The average molecular weight is 150 g/mol. The topological polar surface area (TPSA) is 17.1 Å². The first kappa shape index (κ1) is 7.08. The highest BCUT2D eigenvalue weighted by molar-refractivity contribution is 5.99. The predicted octanol–water partition coefficient (Wildman–Crippen LogP) is 2.32. The van der Waals surface area contributed by atoms with Crippen LogP contribution in [0.4, 0.5) is 0 Å². The summed E-state index contributed by atoms with van der Waals surface area (Å²) < 4.78 is 0. The molecule has 0 amide bonds. The number of rotatable bonds is 0.